The summed E-state index contributed by atoms with van der Waals surface area (Å²) in [6.07, 6.45) is 1.32. The molecule has 0 saturated carbocycles. The van der Waals surface area contributed by atoms with Gasteiger partial charge in [0.1, 0.15) is 4.90 Å². The van der Waals surface area contributed by atoms with Gasteiger partial charge in [-0.25, -0.2) is 0 Å². The summed E-state index contributed by atoms with van der Waals surface area (Å²) in [5, 5.41) is 17.6. The van der Waals surface area contributed by atoms with E-state index in [0.29, 0.717) is 0 Å². The van der Waals surface area contributed by atoms with Gasteiger partial charge in [0.25, 0.3) is 16.0 Å². The second kappa shape index (κ2) is 3.79. The van der Waals surface area contributed by atoms with E-state index >= 15 is 0 Å². The van der Waals surface area contributed by atoms with Crippen LogP contribution in [0.15, 0.2) is 23.1 Å². The van der Waals surface area contributed by atoms with Crippen molar-refractivity contribution in [1.29, 1.82) is 5.41 Å². The zero-order valence-electron chi connectivity index (χ0n) is 7.22. The number of hydrogen-bond acceptors (Lipinski definition) is 4. The van der Waals surface area contributed by atoms with E-state index in [1.807, 2.05) is 0 Å². The van der Waals surface area contributed by atoms with E-state index in [-0.39, 0.29) is 5.56 Å². The van der Waals surface area contributed by atoms with Crippen LogP contribution >= 0.6 is 0 Å². The minimum atomic E-state index is -4.63. The second-order valence-electron chi connectivity index (χ2n) is 2.58. The van der Waals surface area contributed by atoms with Crippen LogP contribution in [0.4, 0.5) is 0 Å². The van der Waals surface area contributed by atoms with Gasteiger partial charge in [-0.15, -0.1) is 0 Å². The molecular weight excluding hydrogens is 222 g/mol. The van der Waals surface area contributed by atoms with Crippen molar-refractivity contribution >= 4 is 22.3 Å². The molecule has 15 heavy (non-hydrogen) atoms. The Kier molecular flexibility index (Phi) is 2.87. The summed E-state index contributed by atoms with van der Waals surface area (Å²) < 4.78 is 30.4. The second-order valence-corrected chi connectivity index (χ2v) is 3.97. The van der Waals surface area contributed by atoms with Crippen molar-refractivity contribution in [3.8, 4) is 0 Å². The third-order valence-electron chi connectivity index (χ3n) is 1.64. The Morgan fingerprint density at radius 1 is 1.40 bits per heavy atom. The number of rotatable bonds is 3. The zero-order chi connectivity index (χ0) is 11.6. The van der Waals surface area contributed by atoms with E-state index in [2.05, 4.69) is 0 Å². The van der Waals surface area contributed by atoms with Crippen LogP contribution in [0.2, 0.25) is 0 Å². The molecule has 2 N–H and O–H groups in total. The van der Waals surface area contributed by atoms with Gasteiger partial charge in [0.2, 0.25) is 6.29 Å². The molecule has 0 saturated heterocycles. The summed E-state index contributed by atoms with van der Waals surface area (Å²) >= 11 is 0. The molecule has 0 atom stereocenters. The molecule has 0 fully saturated rings. The van der Waals surface area contributed by atoms with Gasteiger partial charge < -0.3 is 0 Å². The standard InChI is InChI=1S/C8H5NO5S/c9-8(11)7-5(4-10)2-1-3-6(7)15(12,13)14/h1-3,9H,(H,12,13,14). The fraction of sp³-hybridized carbons (Fsp3) is 0. The molecule has 0 amide bonds. The maximum atomic E-state index is 10.8. The summed E-state index contributed by atoms with van der Waals surface area (Å²) in [6, 6.07) is 3.22. The molecule has 0 aliphatic carbocycles. The molecule has 0 spiro atoms. The Morgan fingerprint density at radius 2 is 2.00 bits per heavy atom. The quantitative estimate of drug-likeness (QED) is 0.434. The summed E-state index contributed by atoms with van der Waals surface area (Å²) in [5.74, 6) is -1.37. The minimum Gasteiger partial charge on any atom is -0.285 e. The first-order chi connectivity index (χ1) is 6.88. The van der Waals surface area contributed by atoms with E-state index in [1.54, 1.807) is 0 Å². The van der Waals surface area contributed by atoms with Crippen LogP contribution in [0.25, 0.3) is 0 Å². The van der Waals surface area contributed by atoms with Crippen molar-refractivity contribution in [2.45, 2.75) is 4.90 Å². The topological polar surface area (TPSA) is 115 Å². The highest BCUT2D eigenvalue weighted by Gasteiger charge is 2.22. The van der Waals surface area contributed by atoms with E-state index in [0.717, 1.165) is 18.2 Å². The van der Waals surface area contributed by atoms with Crippen molar-refractivity contribution in [3.63, 3.8) is 0 Å². The predicted octanol–water partition coefficient (Wildman–Crippen LogP) is 0.147. The summed E-state index contributed by atoms with van der Waals surface area (Å²) in [4.78, 5) is 9.61. The average molecular weight is 227 g/mol. The Morgan fingerprint density at radius 3 is 2.40 bits per heavy atom. The van der Waals surface area contributed by atoms with Gasteiger partial charge >= 0.3 is 0 Å². The molecule has 0 aliphatic rings. The molecule has 1 aromatic rings. The lowest BCUT2D eigenvalue weighted by Crippen LogP contribution is -2.10. The molecule has 0 aliphatic heterocycles. The molecule has 0 unspecified atom stereocenters. The Bertz CT molecular complexity index is 520. The van der Waals surface area contributed by atoms with Crippen LogP contribution in [0.1, 0.15) is 11.1 Å². The van der Waals surface area contributed by atoms with Crippen LogP contribution in [0, 0.1) is 5.41 Å². The third-order valence-corrected chi connectivity index (χ3v) is 2.54. The zero-order valence-corrected chi connectivity index (χ0v) is 8.04. The third kappa shape index (κ3) is 2.20. The van der Waals surface area contributed by atoms with E-state index in [4.69, 9.17) is 9.96 Å². The van der Waals surface area contributed by atoms with Crippen molar-refractivity contribution in [2.24, 2.45) is 0 Å². The van der Waals surface area contributed by atoms with Crippen molar-refractivity contribution in [1.82, 2.24) is 0 Å². The first kappa shape index (κ1) is 11.3. The van der Waals surface area contributed by atoms with Gasteiger partial charge in [0, 0.05) is 5.56 Å². The highest BCUT2D eigenvalue weighted by molar-refractivity contribution is 7.86. The lowest BCUT2D eigenvalue weighted by Gasteiger charge is -2.04. The highest BCUT2D eigenvalue weighted by atomic mass is 32.2. The fourth-order valence-corrected chi connectivity index (χ4v) is 1.78. The Hall–Kier alpha value is -1.73. The summed E-state index contributed by atoms with van der Waals surface area (Å²) in [7, 11) is -4.63. The van der Waals surface area contributed by atoms with Gasteiger partial charge in [0.15, 0.2) is 0 Å². The smallest absolute Gasteiger partial charge is 0.285 e. The van der Waals surface area contributed by atoms with Gasteiger partial charge in [-0.2, -0.15) is 8.42 Å². The molecule has 7 heteroatoms. The van der Waals surface area contributed by atoms with Gasteiger partial charge in [-0.05, 0) is 6.07 Å². The number of carbonyl (C=O) groups excluding carboxylic acids is 1. The van der Waals surface area contributed by atoms with Crippen molar-refractivity contribution in [3.05, 3.63) is 29.3 Å². The molecule has 0 aromatic heterocycles. The fourth-order valence-electron chi connectivity index (χ4n) is 1.07. The lowest BCUT2D eigenvalue weighted by atomic mass is 10.1. The molecule has 6 nitrogen and oxygen atoms in total. The first-order valence-corrected chi connectivity index (χ1v) is 5.06. The van der Waals surface area contributed by atoms with Crippen molar-refractivity contribution in [2.75, 3.05) is 0 Å². The number of hydrogen-bond donors (Lipinski definition) is 2. The van der Waals surface area contributed by atoms with Crippen LogP contribution in [0.3, 0.4) is 0 Å². The Balaban J connectivity index is 3.68. The van der Waals surface area contributed by atoms with Crippen LogP contribution in [-0.4, -0.2) is 25.2 Å². The molecule has 0 bridgehead atoms. The van der Waals surface area contributed by atoms with Gasteiger partial charge in [-0.1, -0.05) is 12.1 Å². The highest BCUT2D eigenvalue weighted by Crippen LogP contribution is 2.18. The molecular formula is C8H5NO5S. The molecule has 2 radical (unpaired) electrons. The van der Waals surface area contributed by atoms with E-state index in [1.165, 1.54) is 6.29 Å². The molecule has 1 rings (SSSR count). The summed E-state index contributed by atoms with van der Waals surface area (Å²) in [6.45, 7) is 0. The molecule has 0 heterocycles. The van der Waals surface area contributed by atoms with Crippen LogP contribution < -0.4 is 0 Å². The minimum absolute atomic E-state index is 0.370. The van der Waals surface area contributed by atoms with Gasteiger partial charge in [-0.3, -0.25) is 19.9 Å². The van der Waals surface area contributed by atoms with Crippen LogP contribution in [-0.2, 0) is 20.0 Å². The Labute approximate surface area is 85.4 Å². The average Bonchev–Trinajstić information content (AvgIpc) is 2.15. The molecule has 1 aromatic carbocycles. The normalized spacial score (nSPS) is 11.0. The maximum Gasteiger partial charge on any atom is 0.295 e. The predicted molar refractivity (Wildman–Crippen MR) is 48.6 cm³/mol. The van der Waals surface area contributed by atoms with E-state index in [9.17, 15) is 18.3 Å². The summed E-state index contributed by atoms with van der Waals surface area (Å²) in [5.41, 5.74) is -1.04. The van der Waals surface area contributed by atoms with Crippen LogP contribution in [0.5, 0.6) is 0 Å². The lowest BCUT2D eigenvalue weighted by molar-refractivity contribution is 0.422. The number of nitrogens with one attached hydrogen (secondary N) is 1. The SMILES string of the molecule is N=C([O])c1c([C]=O)cccc1S(=O)(=O)O. The number of benzene rings is 1. The van der Waals surface area contributed by atoms with E-state index < -0.39 is 26.5 Å². The van der Waals surface area contributed by atoms with Crippen molar-refractivity contribution < 1.29 is 22.9 Å². The molecule has 78 valence electrons. The monoisotopic (exact) mass is 227 g/mol. The maximum absolute atomic E-state index is 10.8. The first-order valence-electron chi connectivity index (χ1n) is 3.62. The van der Waals surface area contributed by atoms with Gasteiger partial charge in [0.05, 0.1) is 5.56 Å². The largest absolute Gasteiger partial charge is 0.295 e.